The van der Waals surface area contributed by atoms with Crippen molar-refractivity contribution in [1.29, 1.82) is 0 Å². The summed E-state index contributed by atoms with van der Waals surface area (Å²) < 4.78 is 7.99. The summed E-state index contributed by atoms with van der Waals surface area (Å²) in [5, 5.41) is 0.363. The molecule has 0 bridgehead atoms. The van der Waals surface area contributed by atoms with E-state index in [1.54, 1.807) is 7.05 Å². The highest BCUT2D eigenvalue weighted by atomic mass is 32.1. The molecule has 3 rings (SSSR count). The van der Waals surface area contributed by atoms with Crippen LogP contribution in [0.1, 0.15) is 34.5 Å². The number of carbonyl (C=O) groups excluding carboxylic acids is 1. The van der Waals surface area contributed by atoms with E-state index in [1.807, 2.05) is 36.4 Å². The Morgan fingerprint density at radius 2 is 1.96 bits per heavy atom. The predicted molar refractivity (Wildman–Crippen MR) is 111 cm³/mol. The lowest BCUT2D eigenvalue weighted by Crippen LogP contribution is -2.38. The smallest absolute Gasteiger partial charge is 0.348 e. The van der Waals surface area contributed by atoms with Crippen LogP contribution in [0.2, 0.25) is 0 Å². The quantitative estimate of drug-likeness (QED) is 0.331. The molecule has 0 unspecified atom stereocenters. The van der Waals surface area contributed by atoms with Crippen molar-refractivity contribution in [2.45, 2.75) is 32.4 Å². The number of nitrogens with zero attached hydrogens (tertiary/aromatic N) is 2. The molecule has 3 aromatic rings. The minimum Gasteiger partial charge on any atom is -0.457 e. The SMILES string of the molecule is C=CCCCCn1c(=O)c2cc(C(=O)OCc3ccccc3)sc2n(C)c1=O. The molecule has 0 aliphatic rings. The van der Waals surface area contributed by atoms with Gasteiger partial charge in [-0.15, -0.1) is 17.9 Å². The van der Waals surface area contributed by atoms with Crippen LogP contribution < -0.4 is 11.2 Å². The first kappa shape index (κ1) is 19.8. The molecule has 0 amide bonds. The number of benzene rings is 1. The molecule has 0 fully saturated rings. The van der Waals surface area contributed by atoms with Crippen LogP contribution in [0, 0.1) is 0 Å². The molecule has 7 heteroatoms. The number of ether oxygens (including phenoxy) is 1. The van der Waals surface area contributed by atoms with Crippen molar-refractivity contribution in [3.63, 3.8) is 0 Å². The highest BCUT2D eigenvalue weighted by Gasteiger charge is 2.18. The second-order valence-electron chi connectivity index (χ2n) is 6.47. The van der Waals surface area contributed by atoms with Gasteiger partial charge in [0.1, 0.15) is 16.3 Å². The average molecular weight is 398 g/mol. The van der Waals surface area contributed by atoms with Gasteiger partial charge in [0.25, 0.3) is 5.56 Å². The highest BCUT2D eigenvalue weighted by Crippen LogP contribution is 2.23. The molecule has 2 aromatic heterocycles. The number of rotatable bonds is 8. The molecule has 0 N–H and O–H groups in total. The molecule has 0 saturated carbocycles. The molecule has 0 atom stereocenters. The zero-order valence-corrected chi connectivity index (χ0v) is 16.5. The lowest BCUT2D eigenvalue weighted by Gasteiger charge is -2.07. The molecule has 146 valence electrons. The first-order valence-electron chi connectivity index (χ1n) is 9.08. The number of hydrogen-bond acceptors (Lipinski definition) is 5. The van der Waals surface area contributed by atoms with E-state index in [0.29, 0.717) is 28.1 Å². The van der Waals surface area contributed by atoms with Gasteiger partial charge in [0.2, 0.25) is 0 Å². The molecule has 6 nitrogen and oxygen atoms in total. The van der Waals surface area contributed by atoms with E-state index in [-0.39, 0.29) is 17.9 Å². The second kappa shape index (κ2) is 8.84. The third kappa shape index (κ3) is 4.14. The van der Waals surface area contributed by atoms with Gasteiger partial charge >= 0.3 is 11.7 Å². The van der Waals surface area contributed by atoms with Crippen LogP contribution in [0.5, 0.6) is 0 Å². The summed E-state index contributed by atoms with van der Waals surface area (Å²) in [4.78, 5) is 38.5. The van der Waals surface area contributed by atoms with Gasteiger partial charge in [-0.1, -0.05) is 36.4 Å². The largest absolute Gasteiger partial charge is 0.457 e. The standard InChI is InChI=1S/C21H22N2O4S/c1-3-4-5-9-12-23-18(24)16-13-17(28-19(16)22(2)21(23)26)20(25)27-14-15-10-7-6-8-11-15/h3,6-8,10-11,13H,1,4-5,9,12,14H2,2H3. The first-order chi connectivity index (χ1) is 13.5. The van der Waals surface area contributed by atoms with Crippen molar-refractivity contribution >= 4 is 27.5 Å². The fourth-order valence-corrected chi connectivity index (χ4v) is 3.93. The van der Waals surface area contributed by atoms with E-state index in [0.717, 1.165) is 29.7 Å². The molecule has 0 spiro atoms. The third-order valence-corrected chi connectivity index (χ3v) is 5.66. The Morgan fingerprint density at radius 1 is 1.21 bits per heavy atom. The van der Waals surface area contributed by atoms with E-state index in [1.165, 1.54) is 15.2 Å². The van der Waals surface area contributed by atoms with E-state index in [2.05, 4.69) is 6.58 Å². The Kier molecular flexibility index (Phi) is 6.26. The van der Waals surface area contributed by atoms with Gasteiger partial charge in [-0.05, 0) is 30.9 Å². The van der Waals surface area contributed by atoms with Gasteiger partial charge < -0.3 is 4.74 Å². The highest BCUT2D eigenvalue weighted by molar-refractivity contribution is 7.20. The zero-order valence-electron chi connectivity index (χ0n) is 15.7. The number of aromatic nitrogens is 2. The van der Waals surface area contributed by atoms with E-state index in [9.17, 15) is 14.4 Å². The van der Waals surface area contributed by atoms with Crippen molar-refractivity contribution in [2.24, 2.45) is 7.05 Å². The topological polar surface area (TPSA) is 70.3 Å². The number of allylic oxidation sites excluding steroid dienone is 1. The third-order valence-electron chi connectivity index (χ3n) is 4.46. The van der Waals surface area contributed by atoms with Crippen molar-refractivity contribution < 1.29 is 9.53 Å². The van der Waals surface area contributed by atoms with E-state index < -0.39 is 5.97 Å². The lowest BCUT2D eigenvalue weighted by molar-refractivity contribution is 0.0478. The normalized spacial score (nSPS) is 10.9. The van der Waals surface area contributed by atoms with Crippen molar-refractivity contribution in [3.8, 4) is 0 Å². The maximum atomic E-state index is 12.8. The van der Waals surface area contributed by atoms with Crippen LogP contribution in [-0.4, -0.2) is 15.1 Å². The zero-order chi connectivity index (χ0) is 20.1. The Hall–Kier alpha value is -2.93. The molecule has 0 radical (unpaired) electrons. The van der Waals surface area contributed by atoms with Gasteiger partial charge in [-0.2, -0.15) is 0 Å². The van der Waals surface area contributed by atoms with Gasteiger partial charge in [-0.25, -0.2) is 9.59 Å². The summed E-state index contributed by atoms with van der Waals surface area (Å²) in [6, 6.07) is 10.9. The Labute approximate surface area is 166 Å². The number of aryl methyl sites for hydroxylation is 1. The van der Waals surface area contributed by atoms with E-state index in [4.69, 9.17) is 4.74 Å². The second-order valence-corrected chi connectivity index (χ2v) is 7.50. The van der Waals surface area contributed by atoms with Crippen LogP contribution in [0.3, 0.4) is 0 Å². The maximum absolute atomic E-state index is 12.8. The number of carbonyl (C=O) groups is 1. The molecule has 0 aliphatic carbocycles. The van der Waals surface area contributed by atoms with E-state index >= 15 is 0 Å². The van der Waals surface area contributed by atoms with Crippen LogP contribution in [0.25, 0.3) is 10.2 Å². The predicted octanol–water partition coefficient (Wildman–Crippen LogP) is 3.48. The molecular formula is C21H22N2O4S. The molecule has 0 saturated heterocycles. The number of unbranched alkanes of at least 4 members (excludes halogenated alkanes) is 2. The van der Waals surface area contributed by atoms with Crippen LogP contribution >= 0.6 is 11.3 Å². The summed E-state index contributed by atoms with van der Waals surface area (Å²) >= 11 is 1.10. The Balaban J connectivity index is 1.86. The maximum Gasteiger partial charge on any atom is 0.348 e. The van der Waals surface area contributed by atoms with Crippen LogP contribution in [0.15, 0.2) is 58.6 Å². The minimum atomic E-state index is -0.505. The van der Waals surface area contributed by atoms with Crippen LogP contribution in [-0.2, 0) is 24.9 Å². The van der Waals surface area contributed by atoms with Crippen molar-refractivity contribution in [1.82, 2.24) is 9.13 Å². The van der Waals surface area contributed by atoms with Gasteiger partial charge in [0.15, 0.2) is 0 Å². The molecule has 0 aliphatic heterocycles. The molecule has 28 heavy (non-hydrogen) atoms. The Morgan fingerprint density at radius 3 is 2.68 bits per heavy atom. The van der Waals surface area contributed by atoms with Crippen molar-refractivity contribution in [2.75, 3.05) is 0 Å². The van der Waals surface area contributed by atoms with Crippen LogP contribution in [0.4, 0.5) is 0 Å². The van der Waals surface area contributed by atoms with Gasteiger partial charge in [-0.3, -0.25) is 13.9 Å². The number of hydrogen-bond donors (Lipinski definition) is 0. The molecular weight excluding hydrogens is 376 g/mol. The van der Waals surface area contributed by atoms with Gasteiger partial charge in [0, 0.05) is 13.6 Å². The summed E-state index contributed by atoms with van der Waals surface area (Å²) in [5.74, 6) is -0.505. The fourth-order valence-electron chi connectivity index (χ4n) is 2.93. The number of fused-ring (bicyclic) bond motifs is 1. The summed E-state index contributed by atoms with van der Waals surface area (Å²) in [7, 11) is 1.61. The average Bonchev–Trinajstić information content (AvgIpc) is 3.16. The first-order valence-corrected chi connectivity index (χ1v) is 9.90. The summed E-state index contributed by atoms with van der Waals surface area (Å²) in [6.45, 7) is 4.17. The molecule has 1 aromatic carbocycles. The lowest BCUT2D eigenvalue weighted by atomic mass is 10.2. The monoisotopic (exact) mass is 398 g/mol. The summed E-state index contributed by atoms with van der Waals surface area (Å²) in [6.07, 6.45) is 4.23. The Bertz CT molecular complexity index is 1110. The fraction of sp³-hybridized carbons (Fsp3) is 0.286. The summed E-state index contributed by atoms with van der Waals surface area (Å²) in [5.41, 5.74) is 0.142. The molecule has 2 heterocycles. The number of esters is 1. The van der Waals surface area contributed by atoms with Gasteiger partial charge in [0.05, 0.1) is 5.39 Å². The minimum absolute atomic E-state index is 0.153. The number of thiophene rings is 1. The van der Waals surface area contributed by atoms with Crippen molar-refractivity contribution in [3.05, 3.63) is 80.3 Å².